The van der Waals surface area contributed by atoms with Gasteiger partial charge in [0.2, 0.25) is 0 Å². The number of carbonyl (C=O) groups excluding carboxylic acids is 1. The highest BCUT2D eigenvalue weighted by Crippen LogP contribution is 2.25. The first-order valence-corrected chi connectivity index (χ1v) is 5.87. The molecule has 1 aromatic carbocycles. The van der Waals surface area contributed by atoms with E-state index in [4.69, 9.17) is 9.47 Å². The molecular formula is C14H14N2O3. The lowest BCUT2D eigenvalue weighted by Crippen LogP contribution is -1.96. The normalized spacial score (nSPS) is 10.0. The molecular weight excluding hydrogens is 244 g/mol. The number of ether oxygens (including phenoxy) is 2. The van der Waals surface area contributed by atoms with E-state index in [9.17, 15) is 4.79 Å². The molecule has 98 valence electrons. The van der Waals surface area contributed by atoms with Crippen LogP contribution >= 0.6 is 0 Å². The Bertz CT molecular complexity index is 567. The minimum absolute atomic E-state index is 0.310. The van der Waals surface area contributed by atoms with Gasteiger partial charge in [-0.15, -0.1) is 0 Å². The molecule has 0 aliphatic rings. The molecule has 0 spiro atoms. The van der Waals surface area contributed by atoms with Crippen LogP contribution in [-0.4, -0.2) is 30.0 Å². The first-order chi connectivity index (χ1) is 9.28. The average molecular weight is 258 g/mol. The summed E-state index contributed by atoms with van der Waals surface area (Å²) < 4.78 is 10.3. The van der Waals surface area contributed by atoms with E-state index in [1.165, 1.54) is 7.11 Å². The second-order valence-electron chi connectivity index (χ2n) is 3.76. The second-order valence-corrected chi connectivity index (χ2v) is 3.76. The summed E-state index contributed by atoms with van der Waals surface area (Å²) in [5, 5.41) is 0. The van der Waals surface area contributed by atoms with E-state index in [0.29, 0.717) is 23.9 Å². The summed E-state index contributed by atoms with van der Waals surface area (Å²) in [6.45, 7) is 2.39. The molecule has 0 aliphatic carbocycles. The third-order valence-corrected chi connectivity index (χ3v) is 2.58. The van der Waals surface area contributed by atoms with Gasteiger partial charge in [0, 0.05) is 18.0 Å². The molecule has 2 aromatic rings. The maximum Gasteiger partial charge on any atom is 0.316 e. The number of aromatic nitrogens is 2. The van der Waals surface area contributed by atoms with Crippen LogP contribution in [0.1, 0.15) is 17.3 Å². The Morgan fingerprint density at radius 1 is 1.21 bits per heavy atom. The zero-order valence-corrected chi connectivity index (χ0v) is 10.8. The Balaban J connectivity index is 2.36. The van der Waals surface area contributed by atoms with Crippen molar-refractivity contribution in [1.82, 2.24) is 9.97 Å². The summed E-state index contributed by atoms with van der Waals surface area (Å²) in [5.41, 5.74) is 2.18. The fraction of sp³-hybridized carbons (Fsp3) is 0.214. The van der Waals surface area contributed by atoms with Crippen molar-refractivity contribution in [2.45, 2.75) is 6.92 Å². The summed E-state index contributed by atoms with van der Waals surface area (Å²) in [6.07, 6.45) is 4.07. The molecule has 0 amide bonds. The van der Waals surface area contributed by atoms with Crippen LogP contribution in [0.15, 0.2) is 30.6 Å². The van der Waals surface area contributed by atoms with Gasteiger partial charge in [0.25, 0.3) is 0 Å². The van der Waals surface area contributed by atoms with Crippen LogP contribution in [0.4, 0.5) is 0 Å². The van der Waals surface area contributed by atoms with Gasteiger partial charge in [0.1, 0.15) is 5.75 Å². The summed E-state index contributed by atoms with van der Waals surface area (Å²) in [4.78, 5) is 19.1. The molecule has 0 unspecified atom stereocenters. The first-order valence-electron chi connectivity index (χ1n) is 5.87. The third kappa shape index (κ3) is 2.88. The molecule has 1 heterocycles. The number of aldehydes is 1. The Labute approximate surface area is 111 Å². The number of nitrogens with zero attached hydrogens (tertiary/aromatic N) is 2. The van der Waals surface area contributed by atoms with E-state index in [1.54, 1.807) is 24.5 Å². The highest BCUT2D eigenvalue weighted by molar-refractivity contribution is 5.82. The lowest BCUT2D eigenvalue weighted by Gasteiger charge is -2.08. The van der Waals surface area contributed by atoms with Crippen molar-refractivity contribution in [3.63, 3.8) is 0 Å². The molecule has 0 saturated carbocycles. The van der Waals surface area contributed by atoms with Crippen LogP contribution in [0, 0.1) is 0 Å². The first kappa shape index (κ1) is 13.0. The zero-order chi connectivity index (χ0) is 13.7. The third-order valence-electron chi connectivity index (χ3n) is 2.58. The number of carbonyl (C=O) groups is 1. The van der Waals surface area contributed by atoms with Crippen LogP contribution in [-0.2, 0) is 0 Å². The molecule has 0 fully saturated rings. The van der Waals surface area contributed by atoms with E-state index < -0.39 is 0 Å². The average Bonchev–Trinajstić information content (AvgIpc) is 2.48. The Morgan fingerprint density at radius 3 is 2.53 bits per heavy atom. The summed E-state index contributed by atoms with van der Waals surface area (Å²) in [5.74, 6) is 0.579. The molecule has 0 aliphatic heterocycles. The number of hydrogen-bond acceptors (Lipinski definition) is 5. The van der Waals surface area contributed by atoms with Gasteiger partial charge in [0.15, 0.2) is 6.29 Å². The highest BCUT2D eigenvalue weighted by atomic mass is 16.5. The van der Waals surface area contributed by atoms with E-state index in [2.05, 4.69) is 9.97 Å². The quantitative estimate of drug-likeness (QED) is 0.770. The molecule has 0 bridgehead atoms. The molecule has 1 aromatic heterocycles. The Morgan fingerprint density at radius 2 is 1.95 bits per heavy atom. The van der Waals surface area contributed by atoms with Crippen LogP contribution in [0.2, 0.25) is 0 Å². The maximum atomic E-state index is 11.1. The van der Waals surface area contributed by atoms with E-state index >= 15 is 0 Å². The molecule has 5 heteroatoms. The van der Waals surface area contributed by atoms with Crippen LogP contribution in [0.5, 0.6) is 11.8 Å². The minimum atomic E-state index is 0.310. The molecule has 0 saturated heterocycles. The molecule has 0 N–H and O–H groups in total. The zero-order valence-electron chi connectivity index (χ0n) is 10.8. The highest BCUT2D eigenvalue weighted by Gasteiger charge is 2.06. The minimum Gasteiger partial charge on any atom is -0.493 e. The van der Waals surface area contributed by atoms with E-state index in [1.807, 2.05) is 13.0 Å². The Hall–Kier alpha value is -2.43. The fourth-order valence-corrected chi connectivity index (χ4v) is 1.68. The van der Waals surface area contributed by atoms with Crippen molar-refractivity contribution in [1.29, 1.82) is 0 Å². The molecule has 2 rings (SSSR count). The van der Waals surface area contributed by atoms with Gasteiger partial charge in [-0.25, -0.2) is 9.97 Å². The van der Waals surface area contributed by atoms with Gasteiger partial charge in [-0.2, -0.15) is 0 Å². The standard InChI is InChI=1S/C14H14N2O3/c1-3-19-13-5-4-10(6-11(13)9-17)12-7-15-14(18-2)16-8-12/h4-9H,3H2,1-2H3. The number of hydrogen-bond donors (Lipinski definition) is 0. The molecule has 0 radical (unpaired) electrons. The van der Waals surface area contributed by atoms with Crippen molar-refractivity contribution < 1.29 is 14.3 Å². The van der Waals surface area contributed by atoms with Gasteiger partial charge in [-0.3, -0.25) is 4.79 Å². The van der Waals surface area contributed by atoms with Gasteiger partial charge >= 0.3 is 6.01 Å². The van der Waals surface area contributed by atoms with Crippen LogP contribution < -0.4 is 9.47 Å². The predicted octanol–water partition coefficient (Wildman–Crippen LogP) is 2.36. The van der Waals surface area contributed by atoms with Crippen LogP contribution in [0.3, 0.4) is 0 Å². The van der Waals surface area contributed by atoms with Crippen molar-refractivity contribution in [2.75, 3.05) is 13.7 Å². The van der Waals surface area contributed by atoms with E-state index in [0.717, 1.165) is 17.4 Å². The van der Waals surface area contributed by atoms with E-state index in [-0.39, 0.29) is 0 Å². The number of methoxy groups -OCH3 is 1. The summed E-state index contributed by atoms with van der Waals surface area (Å²) in [7, 11) is 1.51. The van der Waals surface area contributed by atoms with Crippen molar-refractivity contribution in [2.24, 2.45) is 0 Å². The molecule has 5 nitrogen and oxygen atoms in total. The van der Waals surface area contributed by atoms with Crippen molar-refractivity contribution >= 4 is 6.29 Å². The topological polar surface area (TPSA) is 61.3 Å². The second kappa shape index (κ2) is 5.95. The Kier molecular flexibility index (Phi) is 4.07. The number of benzene rings is 1. The maximum absolute atomic E-state index is 11.1. The lowest BCUT2D eigenvalue weighted by molar-refractivity contribution is 0.112. The van der Waals surface area contributed by atoms with Gasteiger partial charge < -0.3 is 9.47 Å². The summed E-state index contributed by atoms with van der Waals surface area (Å²) >= 11 is 0. The smallest absolute Gasteiger partial charge is 0.316 e. The number of rotatable bonds is 5. The van der Waals surface area contributed by atoms with Gasteiger partial charge in [-0.1, -0.05) is 6.07 Å². The van der Waals surface area contributed by atoms with Crippen molar-refractivity contribution in [3.8, 4) is 22.9 Å². The monoisotopic (exact) mass is 258 g/mol. The predicted molar refractivity (Wildman–Crippen MR) is 70.6 cm³/mol. The van der Waals surface area contributed by atoms with Crippen LogP contribution in [0.25, 0.3) is 11.1 Å². The SMILES string of the molecule is CCOc1ccc(-c2cnc(OC)nc2)cc1C=O. The molecule has 0 atom stereocenters. The summed E-state index contributed by atoms with van der Waals surface area (Å²) in [6, 6.07) is 5.70. The lowest BCUT2D eigenvalue weighted by atomic mass is 10.1. The fourth-order valence-electron chi connectivity index (χ4n) is 1.68. The van der Waals surface area contributed by atoms with Crippen molar-refractivity contribution in [3.05, 3.63) is 36.2 Å². The largest absolute Gasteiger partial charge is 0.493 e. The molecule has 19 heavy (non-hydrogen) atoms. The van der Waals surface area contributed by atoms with Gasteiger partial charge in [-0.05, 0) is 24.6 Å². The van der Waals surface area contributed by atoms with Gasteiger partial charge in [0.05, 0.1) is 19.3 Å².